The number of esters is 3. The number of aromatic nitrogens is 18. The van der Waals surface area contributed by atoms with Crippen LogP contribution in [0.4, 0.5) is 0 Å². The van der Waals surface area contributed by atoms with Crippen molar-refractivity contribution in [2.45, 2.75) is 59.4 Å². The van der Waals surface area contributed by atoms with E-state index in [9.17, 15) is 14.4 Å². The van der Waals surface area contributed by atoms with Crippen molar-refractivity contribution in [2.24, 2.45) is 0 Å². The molecule has 0 atom stereocenters. The zero-order chi connectivity index (χ0) is 85.7. The highest BCUT2D eigenvalue weighted by atomic mass is 35.5. The summed E-state index contributed by atoms with van der Waals surface area (Å²) < 4.78 is 41.1. The van der Waals surface area contributed by atoms with Gasteiger partial charge in [0, 0.05) is 22.6 Å². The zero-order valence-electron chi connectivity index (χ0n) is 68.8. The van der Waals surface area contributed by atoms with Gasteiger partial charge in [-0.25, -0.2) is 33.4 Å². The van der Waals surface area contributed by atoms with Crippen LogP contribution in [0.3, 0.4) is 0 Å². The Morgan fingerprint density at radius 3 is 1.25 bits per heavy atom. The van der Waals surface area contributed by atoms with Gasteiger partial charge in [0.1, 0.15) is 17.6 Å². The number of aromatic amines is 2. The minimum Gasteiger partial charge on any atom is -0.465 e. The monoisotopic (exact) mass is 1670 g/mol. The summed E-state index contributed by atoms with van der Waals surface area (Å²) in [6, 6.07) is 97.6. The van der Waals surface area contributed by atoms with Gasteiger partial charge in [0.05, 0.1) is 95.0 Å². The number of tetrazole rings is 3. The topological polar surface area (TPSA) is 304 Å². The molecule has 0 amide bonds. The number of imidazole rings is 3. The fraction of sp³-hybridized carbons (Fsp3) is 0.156. The number of ether oxygens (including phenoxy) is 6. The van der Waals surface area contributed by atoms with Crippen molar-refractivity contribution in [3.8, 4) is 85.6 Å². The van der Waals surface area contributed by atoms with E-state index >= 15 is 0 Å². The summed E-state index contributed by atoms with van der Waals surface area (Å²) in [5.74, 6) is 1.47. The molecule has 0 unspecified atom stereocenters. The van der Waals surface area contributed by atoms with E-state index in [1.54, 1.807) is 30.3 Å². The van der Waals surface area contributed by atoms with E-state index in [1.165, 1.54) is 21.3 Å². The Balaban J connectivity index is 0.000000135. The summed E-state index contributed by atoms with van der Waals surface area (Å²) in [6.07, 6.45) is 0. The minimum atomic E-state index is -0.415. The van der Waals surface area contributed by atoms with Crippen molar-refractivity contribution < 1.29 is 47.4 Å². The second kappa shape index (κ2) is 39.9. The van der Waals surface area contributed by atoms with Crippen molar-refractivity contribution >= 4 is 62.6 Å². The average molecular weight is 1670 g/mol. The van der Waals surface area contributed by atoms with Crippen LogP contribution >= 0.6 is 11.6 Å². The lowest BCUT2D eigenvalue weighted by molar-refractivity contribution is -0.668. The predicted molar refractivity (Wildman–Crippen MR) is 472 cm³/mol. The summed E-state index contributed by atoms with van der Waals surface area (Å²) in [5.41, 5.74) is 21.5. The van der Waals surface area contributed by atoms with Crippen molar-refractivity contribution in [2.75, 3.05) is 41.2 Å². The lowest BCUT2D eigenvalue weighted by Crippen LogP contribution is -2.35. The van der Waals surface area contributed by atoms with E-state index in [4.69, 9.17) is 35.3 Å². The van der Waals surface area contributed by atoms with Gasteiger partial charge in [0.2, 0.25) is 0 Å². The smallest absolute Gasteiger partial charge is 0.455 e. The number of methoxy groups -OCH3 is 3. The van der Waals surface area contributed by atoms with Gasteiger partial charge in [-0.15, -0.1) is 26.9 Å². The first-order valence-electron chi connectivity index (χ1n) is 40.1. The number of rotatable bonds is 26. The maximum atomic E-state index is 12.5. The summed E-state index contributed by atoms with van der Waals surface area (Å²) in [4.78, 5) is 51.4. The second-order valence-corrected chi connectivity index (χ2v) is 28.5. The van der Waals surface area contributed by atoms with Gasteiger partial charge in [-0.3, -0.25) is 4.57 Å². The van der Waals surface area contributed by atoms with Gasteiger partial charge in [-0.1, -0.05) is 255 Å². The van der Waals surface area contributed by atoms with Crippen LogP contribution in [0.25, 0.3) is 101 Å². The molecule has 12 aromatic carbocycles. The first kappa shape index (κ1) is 83.4. The van der Waals surface area contributed by atoms with Gasteiger partial charge >= 0.3 is 23.9 Å². The minimum absolute atomic E-state index is 0.398. The highest BCUT2D eigenvalue weighted by Gasteiger charge is 2.27. The molecular formula is C96H86ClN18O9+. The Bertz CT molecular complexity index is 6650. The Morgan fingerprint density at radius 2 is 0.782 bits per heavy atom. The number of carbonyl (C=O) groups is 3. The number of hydrogen-bond donors (Lipinski definition) is 2. The maximum Gasteiger partial charge on any atom is 0.455 e. The largest absolute Gasteiger partial charge is 0.465 e. The van der Waals surface area contributed by atoms with Crippen LogP contribution < -0.4 is 18.8 Å². The van der Waals surface area contributed by atoms with Crippen LogP contribution in [0.15, 0.2) is 291 Å². The molecule has 0 fully saturated rings. The number of halogens is 1. The van der Waals surface area contributed by atoms with Crippen molar-refractivity contribution in [3.63, 3.8) is 0 Å². The molecule has 0 aliphatic carbocycles. The van der Waals surface area contributed by atoms with Gasteiger partial charge < -0.3 is 33.4 Å². The predicted octanol–water partition coefficient (Wildman–Crippen LogP) is 17.2. The molecule has 27 nitrogen and oxygen atoms in total. The summed E-state index contributed by atoms with van der Waals surface area (Å²) in [7, 11) is 4.10. The van der Waals surface area contributed by atoms with E-state index in [2.05, 4.69) is 193 Å². The van der Waals surface area contributed by atoms with Crippen LogP contribution in [-0.4, -0.2) is 144 Å². The fourth-order valence-electron chi connectivity index (χ4n) is 14.5. The summed E-state index contributed by atoms with van der Waals surface area (Å²) >= 11 is 5.91. The van der Waals surface area contributed by atoms with Crippen molar-refractivity contribution in [1.82, 2.24) is 85.1 Å². The van der Waals surface area contributed by atoms with E-state index in [0.29, 0.717) is 127 Å². The van der Waals surface area contributed by atoms with Gasteiger partial charge in [-0.2, -0.15) is 14.5 Å². The van der Waals surface area contributed by atoms with Crippen LogP contribution in [-0.2, 0) is 52.8 Å². The molecule has 0 aliphatic rings. The number of nitrogens with zero attached hydrogens (tertiary/aromatic N) is 16. The number of fused-ring (bicyclic) bond motifs is 3. The molecular weight excluding hydrogens is 1580 g/mol. The van der Waals surface area contributed by atoms with E-state index < -0.39 is 17.9 Å². The molecule has 28 heteroatoms. The van der Waals surface area contributed by atoms with Crippen LogP contribution in [0, 0.1) is 0 Å². The third-order valence-corrected chi connectivity index (χ3v) is 20.6. The highest BCUT2D eigenvalue weighted by molar-refractivity contribution is 6.17. The number of para-hydroxylation sites is 3. The lowest BCUT2D eigenvalue weighted by Gasteiger charge is -2.13. The molecule has 6 aromatic heterocycles. The number of benzene rings is 12. The number of carbonyl (C=O) groups excluding carboxylic acids is 3. The number of H-pyrrole nitrogens is 2. The third-order valence-electron chi connectivity index (χ3n) is 20.3. The maximum absolute atomic E-state index is 12.5. The molecule has 6 heterocycles. The number of nitrogens with one attached hydrogen (secondary N) is 2. The van der Waals surface area contributed by atoms with E-state index in [0.717, 1.165) is 100 Å². The van der Waals surface area contributed by atoms with Crippen molar-refractivity contribution in [1.29, 1.82) is 0 Å². The first-order chi connectivity index (χ1) is 60.9. The molecule has 2 N–H and O–H groups in total. The standard InChI is InChI=1S/2C32H28N6O3.C21H17ClN4.C11H12N2O3/c1-3-41-32-33-29-27(31(39)40-2)14-9-15-28(29)37(32)20-23-16-18-24(19-17-23)25-12-7-8-13-26(25)30-34-35-36-38(30)21-22-10-5-4-6-11-22;1-3-41-32-33-28-15-9-14-27(31(39)40-2)29(28)37(32)20-23-16-18-24(19-17-23)25-12-7-8-13-26(25)30-34-35-36-38(30)21-22-10-5-4-6-11-22;22-14-16-10-12-18(13-11-16)19-8-4-5-9-20(19)21-23-24-25-26(21)15-17-6-2-1-3-7-17;1-3-16-11-12-8-6-4-5-7(9(8)13-11)10(14)15-2/h2*4-19H,3,20-21H2,1-2H3;1-13H,14-15H2;4-6H,3H2,1-2H3,(H,12,13)/p+1. The Labute approximate surface area is 718 Å². The summed E-state index contributed by atoms with van der Waals surface area (Å²) in [5, 5.41) is 37.6. The molecule has 0 bridgehead atoms. The second-order valence-electron chi connectivity index (χ2n) is 28.2. The highest BCUT2D eigenvalue weighted by Crippen LogP contribution is 2.36. The average Bonchev–Trinajstić information content (AvgIpc) is 1.62. The molecule has 124 heavy (non-hydrogen) atoms. The number of alkyl halides is 1. The normalized spacial score (nSPS) is 10.9. The molecule has 0 aliphatic heterocycles. The van der Waals surface area contributed by atoms with Gasteiger partial charge in [-0.05, 0) is 155 Å². The molecule has 18 rings (SSSR count). The van der Waals surface area contributed by atoms with Gasteiger partial charge in [0.15, 0.2) is 28.5 Å². The first-order valence-corrected chi connectivity index (χ1v) is 40.6. The van der Waals surface area contributed by atoms with Crippen LogP contribution in [0.1, 0.15) is 85.2 Å². The summed E-state index contributed by atoms with van der Waals surface area (Å²) in [6.45, 7) is 9.98. The molecule has 0 saturated carbocycles. The molecule has 18 aromatic rings. The Morgan fingerprint density at radius 1 is 0.379 bits per heavy atom. The zero-order valence-corrected chi connectivity index (χ0v) is 69.5. The van der Waals surface area contributed by atoms with Gasteiger partial charge in [0.25, 0.3) is 12.0 Å². The molecule has 620 valence electrons. The quantitative estimate of drug-likeness (QED) is 0.0220. The van der Waals surface area contributed by atoms with Crippen LogP contribution in [0.5, 0.6) is 18.0 Å². The Kier molecular flexibility index (Phi) is 26.9. The molecule has 0 spiro atoms. The lowest BCUT2D eigenvalue weighted by atomic mass is 9.98. The molecule has 0 radical (unpaired) electrons. The van der Waals surface area contributed by atoms with Crippen molar-refractivity contribution in [3.05, 3.63) is 341 Å². The fourth-order valence-corrected chi connectivity index (χ4v) is 14.6. The van der Waals surface area contributed by atoms with Crippen LogP contribution in [0.2, 0.25) is 0 Å². The van der Waals surface area contributed by atoms with E-state index in [-0.39, 0.29) is 0 Å². The SMILES string of the molecule is CCOc1[nH]c2c(C(=O)OC)cccc2[n+]1Cc1ccc(-c2ccccc2-c2nnnn2Cc2ccccc2)cc1.CCOc1nc2c(C(=O)OC)cccc2[nH]1.CCOc1nc2cccc(C(=O)OC)c2n1Cc1ccc(-c2ccccc2-c2nnnn2Cc2ccccc2)cc1.ClCc1ccc(-c2ccccc2-c2nnnn2Cc2ccccc2)cc1. The third kappa shape index (κ3) is 19.1. The molecule has 0 saturated heterocycles. The Hall–Kier alpha value is -15.6. The van der Waals surface area contributed by atoms with E-state index in [1.807, 2.05) is 183 Å². The number of hydrogen-bond acceptors (Lipinski definition) is 20.